The number of benzene rings is 1. The number of hydrogen-bond donors (Lipinski definition) is 1. The third-order valence-corrected chi connectivity index (χ3v) is 4.09. The third-order valence-electron chi connectivity index (χ3n) is 4.09. The van der Waals surface area contributed by atoms with E-state index in [9.17, 15) is 0 Å². The van der Waals surface area contributed by atoms with Gasteiger partial charge < -0.3 is 10.2 Å². The molecule has 0 radical (unpaired) electrons. The second kappa shape index (κ2) is 6.79. The molecular formula is C16H26N2. The average molecular weight is 246 g/mol. The highest BCUT2D eigenvalue weighted by molar-refractivity contribution is 5.44. The molecule has 2 rings (SSSR count). The fourth-order valence-electron chi connectivity index (χ4n) is 2.75. The van der Waals surface area contributed by atoms with Gasteiger partial charge in [-0.1, -0.05) is 25.5 Å². The molecule has 0 bridgehead atoms. The van der Waals surface area contributed by atoms with Crippen molar-refractivity contribution in [3.8, 4) is 0 Å². The molecule has 1 heterocycles. The lowest BCUT2D eigenvalue weighted by Crippen LogP contribution is -2.37. The highest BCUT2D eigenvalue weighted by Gasteiger charge is 2.17. The molecule has 0 amide bonds. The first-order chi connectivity index (χ1) is 8.79. The molecule has 1 aromatic rings. The Hall–Kier alpha value is -1.02. The van der Waals surface area contributed by atoms with E-state index < -0.39 is 0 Å². The van der Waals surface area contributed by atoms with E-state index in [4.69, 9.17) is 0 Å². The number of rotatable bonds is 5. The first kappa shape index (κ1) is 13.4. The van der Waals surface area contributed by atoms with Gasteiger partial charge >= 0.3 is 0 Å². The maximum Gasteiger partial charge on any atom is 0.0340 e. The molecule has 100 valence electrons. The zero-order chi connectivity index (χ0) is 12.8. The number of nitrogens with zero attached hydrogens (tertiary/aromatic N) is 1. The zero-order valence-electron chi connectivity index (χ0n) is 11.8. The molecule has 0 saturated carbocycles. The standard InChI is InChI=1S/C16H26N2/c1-3-14-7-9-15(10-8-14)17-12-11-16-6-4-5-13-18(16)2/h7-10,16-17H,3-6,11-13H2,1-2H3. The molecule has 18 heavy (non-hydrogen) atoms. The van der Waals surface area contributed by atoms with Crippen molar-refractivity contribution in [2.75, 3.05) is 25.5 Å². The number of likely N-dealkylation sites (tertiary alicyclic amines) is 1. The fourth-order valence-corrected chi connectivity index (χ4v) is 2.75. The normalized spacial score (nSPS) is 20.9. The van der Waals surface area contributed by atoms with Crippen LogP contribution in [0.1, 0.15) is 38.2 Å². The van der Waals surface area contributed by atoms with Crippen LogP contribution in [0.15, 0.2) is 24.3 Å². The van der Waals surface area contributed by atoms with Gasteiger partial charge in [-0.2, -0.15) is 0 Å². The summed E-state index contributed by atoms with van der Waals surface area (Å²) in [5.41, 5.74) is 2.67. The van der Waals surface area contributed by atoms with E-state index in [0.29, 0.717) is 0 Å². The Balaban J connectivity index is 1.73. The molecule has 2 heteroatoms. The summed E-state index contributed by atoms with van der Waals surface area (Å²) in [7, 11) is 2.26. The van der Waals surface area contributed by atoms with Crippen LogP contribution in [-0.4, -0.2) is 31.1 Å². The van der Waals surface area contributed by atoms with E-state index in [1.54, 1.807) is 0 Å². The van der Waals surface area contributed by atoms with Crippen LogP contribution >= 0.6 is 0 Å². The number of anilines is 1. The second-order valence-corrected chi connectivity index (χ2v) is 5.40. The minimum atomic E-state index is 0.779. The molecular weight excluding hydrogens is 220 g/mol. The first-order valence-corrected chi connectivity index (χ1v) is 7.32. The Labute approximate surface area is 111 Å². The Bertz CT molecular complexity index is 345. The molecule has 0 aliphatic carbocycles. The van der Waals surface area contributed by atoms with Crippen LogP contribution in [0.2, 0.25) is 0 Å². The summed E-state index contributed by atoms with van der Waals surface area (Å²) < 4.78 is 0. The Morgan fingerprint density at radius 3 is 2.67 bits per heavy atom. The molecule has 1 saturated heterocycles. The highest BCUT2D eigenvalue weighted by Crippen LogP contribution is 2.18. The molecule has 1 N–H and O–H groups in total. The SMILES string of the molecule is CCc1ccc(NCCC2CCCCN2C)cc1. The molecule has 2 nitrogen and oxygen atoms in total. The van der Waals surface area contributed by atoms with Crippen molar-refractivity contribution < 1.29 is 0 Å². The lowest BCUT2D eigenvalue weighted by molar-refractivity contribution is 0.179. The predicted octanol–water partition coefficient (Wildman–Crippen LogP) is 3.54. The second-order valence-electron chi connectivity index (χ2n) is 5.40. The summed E-state index contributed by atoms with van der Waals surface area (Å²) >= 11 is 0. The van der Waals surface area contributed by atoms with Crippen molar-refractivity contribution in [1.29, 1.82) is 0 Å². The smallest absolute Gasteiger partial charge is 0.0340 e. The largest absolute Gasteiger partial charge is 0.385 e. The van der Waals surface area contributed by atoms with Crippen molar-refractivity contribution in [3.63, 3.8) is 0 Å². The quantitative estimate of drug-likeness (QED) is 0.855. The van der Waals surface area contributed by atoms with Gasteiger partial charge in [-0.05, 0) is 57.0 Å². The summed E-state index contributed by atoms with van der Waals surface area (Å²) in [4.78, 5) is 2.52. The van der Waals surface area contributed by atoms with Crippen LogP contribution in [0, 0.1) is 0 Å². The van der Waals surface area contributed by atoms with Crippen molar-refractivity contribution in [1.82, 2.24) is 4.90 Å². The van der Waals surface area contributed by atoms with Crippen molar-refractivity contribution in [3.05, 3.63) is 29.8 Å². The molecule has 1 atom stereocenters. The van der Waals surface area contributed by atoms with Crippen molar-refractivity contribution in [2.24, 2.45) is 0 Å². The maximum atomic E-state index is 3.54. The first-order valence-electron chi connectivity index (χ1n) is 7.32. The van der Waals surface area contributed by atoms with Gasteiger partial charge in [-0.25, -0.2) is 0 Å². The lowest BCUT2D eigenvalue weighted by atomic mass is 10.0. The number of piperidine rings is 1. The van der Waals surface area contributed by atoms with E-state index in [-0.39, 0.29) is 0 Å². The van der Waals surface area contributed by atoms with Crippen LogP contribution in [0.3, 0.4) is 0 Å². The van der Waals surface area contributed by atoms with Gasteiger partial charge in [0.2, 0.25) is 0 Å². The van der Waals surface area contributed by atoms with Gasteiger partial charge in [-0.3, -0.25) is 0 Å². The van der Waals surface area contributed by atoms with Gasteiger partial charge in [-0.15, -0.1) is 0 Å². The topological polar surface area (TPSA) is 15.3 Å². The van der Waals surface area contributed by atoms with E-state index >= 15 is 0 Å². The fraction of sp³-hybridized carbons (Fsp3) is 0.625. The van der Waals surface area contributed by atoms with Gasteiger partial charge in [0.1, 0.15) is 0 Å². The molecule has 1 unspecified atom stereocenters. The van der Waals surface area contributed by atoms with Gasteiger partial charge in [0, 0.05) is 18.3 Å². The van der Waals surface area contributed by atoms with E-state index in [1.165, 1.54) is 43.5 Å². The van der Waals surface area contributed by atoms with Crippen LogP contribution in [-0.2, 0) is 6.42 Å². The highest BCUT2D eigenvalue weighted by atomic mass is 15.1. The maximum absolute atomic E-state index is 3.54. The Morgan fingerprint density at radius 1 is 1.22 bits per heavy atom. The third kappa shape index (κ3) is 3.74. The van der Waals surface area contributed by atoms with Crippen molar-refractivity contribution in [2.45, 2.75) is 45.1 Å². The molecule has 1 aliphatic rings. The lowest BCUT2D eigenvalue weighted by Gasteiger charge is -2.32. The molecule has 0 aromatic heterocycles. The van der Waals surface area contributed by atoms with E-state index in [0.717, 1.165) is 19.0 Å². The number of aryl methyl sites for hydroxylation is 1. The molecule has 0 spiro atoms. The summed E-state index contributed by atoms with van der Waals surface area (Å²) in [6.45, 7) is 4.55. The monoisotopic (exact) mass is 246 g/mol. The van der Waals surface area contributed by atoms with Crippen molar-refractivity contribution >= 4 is 5.69 Å². The molecule has 1 fully saturated rings. The summed E-state index contributed by atoms with van der Waals surface area (Å²) in [6, 6.07) is 9.61. The van der Waals surface area contributed by atoms with E-state index in [1.807, 2.05) is 0 Å². The Morgan fingerprint density at radius 2 is 2.00 bits per heavy atom. The summed E-state index contributed by atoms with van der Waals surface area (Å²) in [5, 5.41) is 3.54. The Kier molecular flexibility index (Phi) is 5.06. The minimum absolute atomic E-state index is 0.779. The molecule has 1 aromatic carbocycles. The van der Waals surface area contributed by atoms with E-state index in [2.05, 4.69) is 48.5 Å². The molecule has 1 aliphatic heterocycles. The zero-order valence-corrected chi connectivity index (χ0v) is 11.8. The van der Waals surface area contributed by atoms with Crippen LogP contribution in [0.25, 0.3) is 0 Å². The summed E-state index contributed by atoms with van der Waals surface area (Å²) in [6.07, 6.45) is 6.52. The predicted molar refractivity (Wildman–Crippen MR) is 79.2 cm³/mol. The van der Waals surface area contributed by atoms with Gasteiger partial charge in [0.15, 0.2) is 0 Å². The average Bonchev–Trinajstić information content (AvgIpc) is 2.42. The number of hydrogen-bond acceptors (Lipinski definition) is 2. The minimum Gasteiger partial charge on any atom is -0.385 e. The van der Waals surface area contributed by atoms with Crippen LogP contribution < -0.4 is 5.32 Å². The number of nitrogens with one attached hydrogen (secondary N) is 1. The van der Waals surface area contributed by atoms with Gasteiger partial charge in [0.25, 0.3) is 0 Å². The summed E-state index contributed by atoms with van der Waals surface area (Å²) in [5.74, 6) is 0. The van der Waals surface area contributed by atoms with Gasteiger partial charge in [0.05, 0.1) is 0 Å². The van der Waals surface area contributed by atoms with Crippen LogP contribution in [0.5, 0.6) is 0 Å². The van der Waals surface area contributed by atoms with Crippen LogP contribution in [0.4, 0.5) is 5.69 Å².